The van der Waals surface area contributed by atoms with Crippen LogP contribution in [0, 0.1) is 12.7 Å². The lowest BCUT2D eigenvalue weighted by molar-refractivity contribution is 0.0696. The molecule has 38 heavy (non-hydrogen) atoms. The van der Waals surface area contributed by atoms with Gasteiger partial charge in [-0.05, 0) is 60.0 Å². The number of anilines is 2. The molecule has 2 heterocycles. The molecule has 0 unspecified atom stereocenters. The van der Waals surface area contributed by atoms with Gasteiger partial charge < -0.3 is 14.7 Å². The molecule has 1 saturated carbocycles. The fraction of sp³-hybridized carbons (Fsp3) is 0.423. The third-order valence-electron chi connectivity index (χ3n) is 7.17. The van der Waals surface area contributed by atoms with Crippen LogP contribution in [0.1, 0.15) is 48.0 Å². The number of benzene rings is 2. The number of carboxylic acids is 1. The number of aromatic nitrogens is 4. The molecule has 200 valence electrons. The van der Waals surface area contributed by atoms with E-state index in [9.17, 15) is 19.5 Å². The molecule has 0 radical (unpaired) electrons. The largest absolute Gasteiger partial charge is 0.478 e. The summed E-state index contributed by atoms with van der Waals surface area (Å²) in [5.41, 5.74) is 0.409. The highest BCUT2D eigenvalue weighted by Crippen LogP contribution is 2.30. The van der Waals surface area contributed by atoms with E-state index in [-0.39, 0.29) is 17.3 Å². The third-order valence-corrected chi connectivity index (χ3v) is 7.17. The van der Waals surface area contributed by atoms with Gasteiger partial charge in [-0.15, -0.1) is 4.68 Å². The van der Waals surface area contributed by atoms with E-state index in [1.165, 1.54) is 17.0 Å². The summed E-state index contributed by atoms with van der Waals surface area (Å²) in [5, 5.41) is 17.4. The number of ether oxygens (including phenoxy) is 1. The summed E-state index contributed by atoms with van der Waals surface area (Å²) in [4.78, 5) is 42.5. The molecular formula is C26H29FN6O5. The fourth-order valence-corrected chi connectivity index (χ4v) is 5.19. The van der Waals surface area contributed by atoms with E-state index in [4.69, 9.17) is 4.74 Å². The van der Waals surface area contributed by atoms with Crippen LogP contribution in [0.25, 0.3) is 5.69 Å². The monoisotopic (exact) mass is 524 g/mol. The summed E-state index contributed by atoms with van der Waals surface area (Å²) in [6.07, 6.45) is 4.21. The topological polar surface area (TPSA) is 123 Å². The molecule has 3 aromatic rings. The zero-order valence-electron chi connectivity index (χ0n) is 21.0. The van der Waals surface area contributed by atoms with E-state index >= 15 is 4.39 Å². The van der Waals surface area contributed by atoms with Gasteiger partial charge in [-0.3, -0.25) is 4.90 Å². The first kappa shape index (κ1) is 25.6. The number of carboxylic acid groups (broad SMARTS) is 1. The number of hydrogen-bond donors (Lipinski definition) is 1. The minimum absolute atomic E-state index is 0.0635. The van der Waals surface area contributed by atoms with Gasteiger partial charge in [0, 0.05) is 24.8 Å². The lowest BCUT2D eigenvalue weighted by Gasteiger charge is -2.34. The Balaban J connectivity index is 1.57. The smallest absolute Gasteiger partial charge is 0.377 e. The van der Waals surface area contributed by atoms with Gasteiger partial charge in [0.2, 0.25) is 0 Å². The summed E-state index contributed by atoms with van der Waals surface area (Å²) in [7, 11) is 0. The molecule has 2 aromatic carbocycles. The van der Waals surface area contributed by atoms with Crippen LogP contribution in [-0.4, -0.2) is 69.2 Å². The van der Waals surface area contributed by atoms with Crippen LogP contribution in [0.4, 0.5) is 20.6 Å². The van der Waals surface area contributed by atoms with Gasteiger partial charge in [0.05, 0.1) is 24.5 Å². The number of hydrogen-bond acceptors (Lipinski definition) is 7. The summed E-state index contributed by atoms with van der Waals surface area (Å²) in [6, 6.07) is 8.17. The van der Waals surface area contributed by atoms with Crippen molar-refractivity contribution in [2.75, 3.05) is 36.1 Å². The van der Waals surface area contributed by atoms with Crippen LogP contribution in [0.2, 0.25) is 0 Å². The first-order valence-corrected chi connectivity index (χ1v) is 12.7. The number of morpholine rings is 1. The van der Waals surface area contributed by atoms with Crippen molar-refractivity contribution in [1.82, 2.24) is 19.8 Å². The second-order valence-electron chi connectivity index (χ2n) is 9.54. The molecule has 1 aliphatic heterocycles. The van der Waals surface area contributed by atoms with Crippen molar-refractivity contribution in [3.05, 3.63) is 63.8 Å². The molecule has 1 saturated heterocycles. The number of aryl methyl sites for hydroxylation is 1. The average molecular weight is 525 g/mol. The van der Waals surface area contributed by atoms with Crippen molar-refractivity contribution >= 4 is 23.4 Å². The predicted molar refractivity (Wildman–Crippen MR) is 137 cm³/mol. The van der Waals surface area contributed by atoms with Crippen molar-refractivity contribution < 1.29 is 23.8 Å². The third kappa shape index (κ3) is 4.78. The Bertz CT molecular complexity index is 1410. The van der Waals surface area contributed by atoms with Gasteiger partial charge in [0.15, 0.2) is 5.82 Å². The van der Waals surface area contributed by atoms with Crippen LogP contribution in [0.15, 0.2) is 41.2 Å². The second-order valence-corrected chi connectivity index (χ2v) is 9.54. The molecule has 2 aliphatic rings. The first-order chi connectivity index (χ1) is 18.4. The molecule has 1 aromatic heterocycles. The number of nitrogens with zero attached hydrogens (tertiary/aromatic N) is 6. The molecule has 1 N–H and O–H groups in total. The van der Waals surface area contributed by atoms with Crippen LogP contribution in [0.3, 0.4) is 0 Å². The number of halogens is 1. The van der Waals surface area contributed by atoms with Crippen LogP contribution in [-0.2, 0) is 4.74 Å². The van der Waals surface area contributed by atoms with Crippen molar-refractivity contribution in [3.63, 3.8) is 0 Å². The van der Waals surface area contributed by atoms with E-state index in [1.807, 2.05) is 4.90 Å². The molecule has 0 bridgehead atoms. The normalized spacial score (nSPS) is 16.4. The quantitative estimate of drug-likeness (QED) is 0.505. The molecule has 1 aliphatic carbocycles. The van der Waals surface area contributed by atoms with E-state index in [0.29, 0.717) is 60.8 Å². The van der Waals surface area contributed by atoms with E-state index in [2.05, 4.69) is 10.4 Å². The number of carbonyl (C=O) groups is 2. The second kappa shape index (κ2) is 10.7. The summed E-state index contributed by atoms with van der Waals surface area (Å²) < 4.78 is 21.9. The maximum Gasteiger partial charge on any atom is 0.377 e. The maximum atomic E-state index is 15.1. The van der Waals surface area contributed by atoms with Gasteiger partial charge >= 0.3 is 17.7 Å². The molecule has 5 rings (SSSR count). The summed E-state index contributed by atoms with van der Waals surface area (Å²) in [5.74, 6) is -1.79. The van der Waals surface area contributed by atoms with Crippen molar-refractivity contribution in [2.24, 2.45) is 0 Å². The van der Waals surface area contributed by atoms with Crippen LogP contribution < -0.4 is 15.5 Å². The van der Waals surface area contributed by atoms with Crippen molar-refractivity contribution in [1.29, 1.82) is 0 Å². The zero-order chi connectivity index (χ0) is 26.8. The minimum atomic E-state index is -1.11. The fourth-order valence-electron chi connectivity index (χ4n) is 5.19. The van der Waals surface area contributed by atoms with E-state index < -0.39 is 23.5 Å². The number of carbonyl (C=O) groups excluding carboxylic acids is 1. The van der Waals surface area contributed by atoms with Gasteiger partial charge in [0.1, 0.15) is 5.69 Å². The highest BCUT2D eigenvalue weighted by atomic mass is 19.1. The molecule has 1 amide bonds. The predicted octanol–water partition coefficient (Wildman–Crippen LogP) is 3.22. The lowest BCUT2D eigenvalue weighted by atomic mass is 9.93. The number of amides is 1. The Morgan fingerprint density at radius 2 is 1.82 bits per heavy atom. The number of rotatable bonds is 5. The molecule has 11 nitrogen and oxygen atoms in total. The standard InChI is InChI=1S/C26H29FN6O5/c1-17-10-11-19(16-20(17)24(34)35)31(18-6-3-2-4-7-18)25(36)33-26(37)32(28-29-33)23-21(27)8-5-9-22(23)30-12-14-38-15-13-30/h5,8-11,16,18H,2-4,6-7,12-15H2,1H3,(H,34,35). The minimum Gasteiger partial charge on any atom is -0.478 e. The molecule has 2 fully saturated rings. The van der Waals surface area contributed by atoms with Crippen molar-refractivity contribution in [2.45, 2.75) is 45.1 Å². The lowest BCUT2D eigenvalue weighted by Crippen LogP contribution is -2.47. The molecule has 12 heteroatoms. The van der Waals surface area contributed by atoms with E-state index in [0.717, 1.165) is 23.9 Å². The van der Waals surface area contributed by atoms with Gasteiger partial charge in [-0.2, -0.15) is 4.68 Å². The Kier molecular flexibility index (Phi) is 7.23. The summed E-state index contributed by atoms with van der Waals surface area (Å²) >= 11 is 0. The van der Waals surface area contributed by atoms with Gasteiger partial charge in [0.25, 0.3) is 0 Å². The Hall–Kier alpha value is -4.06. The Labute approximate surface area is 218 Å². The SMILES string of the molecule is Cc1ccc(N(C(=O)n2nnn(-c3c(F)cccc3N3CCOCC3)c2=O)C2CCCCC2)cc1C(=O)O. The number of para-hydroxylation sites is 1. The van der Waals surface area contributed by atoms with E-state index in [1.54, 1.807) is 31.2 Å². The zero-order valence-corrected chi connectivity index (χ0v) is 21.0. The first-order valence-electron chi connectivity index (χ1n) is 12.7. The highest BCUT2D eigenvalue weighted by Gasteiger charge is 2.32. The van der Waals surface area contributed by atoms with Gasteiger partial charge in [-0.25, -0.2) is 18.8 Å². The molecule has 0 atom stereocenters. The van der Waals surface area contributed by atoms with Gasteiger partial charge in [-0.1, -0.05) is 31.4 Å². The average Bonchev–Trinajstić information content (AvgIpc) is 3.31. The Morgan fingerprint density at radius 3 is 2.53 bits per heavy atom. The maximum absolute atomic E-state index is 15.1. The summed E-state index contributed by atoms with van der Waals surface area (Å²) in [6.45, 7) is 3.61. The van der Waals surface area contributed by atoms with Crippen LogP contribution in [0.5, 0.6) is 0 Å². The molecular weight excluding hydrogens is 495 g/mol. The number of aromatic carboxylic acids is 1. The van der Waals surface area contributed by atoms with Crippen molar-refractivity contribution in [3.8, 4) is 5.69 Å². The molecule has 0 spiro atoms. The van der Waals surface area contributed by atoms with Crippen LogP contribution >= 0.6 is 0 Å². The highest BCUT2D eigenvalue weighted by molar-refractivity contribution is 5.96. The number of tetrazole rings is 1. The Morgan fingerprint density at radius 1 is 1.08 bits per heavy atom.